The maximum absolute atomic E-state index is 2.46. The summed E-state index contributed by atoms with van der Waals surface area (Å²) in [6, 6.07) is 18.3. The van der Waals surface area contributed by atoms with Crippen LogP contribution >= 0.6 is 0 Å². The van der Waals surface area contributed by atoms with Crippen molar-refractivity contribution in [1.82, 2.24) is 0 Å². The van der Waals surface area contributed by atoms with Crippen molar-refractivity contribution in [2.45, 2.75) is 46.0 Å². The van der Waals surface area contributed by atoms with Crippen LogP contribution in [-0.4, -0.2) is 0 Å². The fourth-order valence-electron chi connectivity index (χ4n) is 3.95. The minimum Gasteiger partial charge on any atom is -0.0616 e. The van der Waals surface area contributed by atoms with Crippen molar-refractivity contribution < 1.29 is 0 Å². The van der Waals surface area contributed by atoms with Gasteiger partial charge in [-0.15, -0.1) is 0 Å². The second-order valence-corrected chi connectivity index (χ2v) is 8.06. The Balaban J connectivity index is 2.03. The van der Waals surface area contributed by atoms with E-state index in [1.807, 2.05) is 0 Å². The van der Waals surface area contributed by atoms with Crippen LogP contribution in [0.3, 0.4) is 0 Å². The van der Waals surface area contributed by atoms with Crippen LogP contribution < -0.4 is 0 Å². The third-order valence-electron chi connectivity index (χ3n) is 6.31. The molecule has 0 atom stereocenters. The monoisotopic (exact) mass is 288 g/mol. The Morgan fingerprint density at radius 2 is 1.32 bits per heavy atom. The standard InChI is InChI=1S/C22H24/c1-21(2)10-9-17-13-18-11-15-7-5-6-8-16(15)12-19(18)14-20(17)22(21,3)4/h5-8,11-14H,9-10H2,1-4H3. The number of hydrogen-bond donors (Lipinski definition) is 0. The molecule has 0 saturated carbocycles. The highest BCUT2D eigenvalue weighted by molar-refractivity contribution is 5.98. The SMILES string of the molecule is CC1(C)CCc2cc3cc4ccccc4cc3cc2C1(C)C. The molecule has 0 nitrogen and oxygen atoms in total. The molecule has 3 aromatic carbocycles. The molecule has 0 unspecified atom stereocenters. The van der Waals surface area contributed by atoms with E-state index < -0.39 is 0 Å². The molecule has 0 N–H and O–H groups in total. The van der Waals surface area contributed by atoms with Gasteiger partial charge in [0.25, 0.3) is 0 Å². The van der Waals surface area contributed by atoms with Gasteiger partial charge in [0.2, 0.25) is 0 Å². The van der Waals surface area contributed by atoms with E-state index in [-0.39, 0.29) is 5.41 Å². The molecule has 4 rings (SSSR count). The first-order chi connectivity index (χ1) is 10.4. The topological polar surface area (TPSA) is 0 Å². The number of aryl methyl sites for hydroxylation is 1. The Kier molecular flexibility index (Phi) is 2.73. The van der Waals surface area contributed by atoms with E-state index in [1.165, 1.54) is 34.4 Å². The van der Waals surface area contributed by atoms with Crippen molar-refractivity contribution >= 4 is 21.5 Å². The lowest BCUT2D eigenvalue weighted by Gasteiger charge is -2.47. The lowest BCUT2D eigenvalue weighted by Crippen LogP contribution is -2.40. The third-order valence-corrected chi connectivity index (χ3v) is 6.31. The molecule has 0 saturated heterocycles. The van der Waals surface area contributed by atoms with Crippen molar-refractivity contribution in [2.24, 2.45) is 5.41 Å². The average molecular weight is 288 g/mol. The molecule has 0 aromatic heterocycles. The third kappa shape index (κ3) is 1.83. The van der Waals surface area contributed by atoms with E-state index >= 15 is 0 Å². The van der Waals surface area contributed by atoms with E-state index in [1.54, 1.807) is 11.1 Å². The number of benzene rings is 3. The van der Waals surface area contributed by atoms with E-state index in [0.717, 1.165) is 0 Å². The predicted octanol–water partition coefficient (Wildman–Crippen LogP) is 6.24. The summed E-state index contributed by atoms with van der Waals surface area (Å²) < 4.78 is 0. The summed E-state index contributed by atoms with van der Waals surface area (Å²) in [5, 5.41) is 5.43. The summed E-state index contributed by atoms with van der Waals surface area (Å²) in [5.74, 6) is 0. The van der Waals surface area contributed by atoms with Gasteiger partial charge in [-0.2, -0.15) is 0 Å². The molecule has 0 spiro atoms. The van der Waals surface area contributed by atoms with Gasteiger partial charge in [-0.25, -0.2) is 0 Å². The Labute approximate surface area is 133 Å². The second-order valence-electron chi connectivity index (χ2n) is 8.06. The smallest absolute Gasteiger partial charge is 0.00494 e. The molecule has 0 aliphatic heterocycles. The van der Waals surface area contributed by atoms with Gasteiger partial charge in [-0.3, -0.25) is 0 Å². The highest BCUT2D eigenvalue weighted by atomic mass is 14.5. The molecule has 0 bridgehead atoms. The maximum atomic E-state index is 2.46. The van der Waals surface area contributed by atoms with Crippen molar-refractivity contribution in [3.05, 3.63) is 59.7 Å². The highest BCUT2D eigenvalue weighted by Gasteiger charge is 2.42. The summed E-state index contributed by atoms with van der Waals surface area (Å²) in [4.78, 5) is 0. The zero-order valence-electron chi connectivity index (χ0n) is 14.0. The van der Waals surface area contributed by atoms with Gasteiger partial charge in [0.05, 0.1) is 0 Å². The van der Waals surface area contributed by atoms with Crippen molar-refractivity contribution in [3.63, 3.8) is 0 Å². The molecule has 0 fully saturated rings. The Hall–Kier alpha value is -1.82. The fourth-order valence-corrected chi connectivity index (χ4v) is 3.95. The molecule has 3 aromatic rings. The van der Waals surface area contributed by atoms with Crippen LogP contribution in [0.4, 0.5) is 0 Å². The van der Waals surface area contributed by atoms with E-state index in [0.29, 0.717) is 5.41 Å². The van der Waals surface area contributed by atoms with Gasteiger partial charge in [-0.1, -0.05) is 64.1 Å². The number of fused-ring (bicyclic) bond motifs is 3. The molecule has 112 valence electrons. The van der Waals surface area contributed by atoms with Gasteiger partial charge in [-0.05, 0) is 68.5 Å². The molecule has 0 heterocycles. The molecule has 1 aliphatic carbocycles. The molecule has 0 heteroatoms. The van der Waals surface area contributed by atoms with Crippen LogP contribution in [0.25, 0.3) is 21.5 Å². The minimum atomic E-state index is 0.223. The van der Waals surface area contributed by atoms with E-state index in [9.17, 15) is 0 Å². The van der Waals surface area contributed by atoms with Crippen LogP contribution in [-0.2, 0) is 11.8 Å². The average Bonchev–Trinajstić information content (AvgIpc) is 2.48. The maximum Gasteiger partial charge on any atom is -0.00494 e. The second kappa shape index (κ2) is 4.35. The summed E-state index contributed by atoms with van der Waals surface area (Å²) in [5.41, 5.74) is 3.67. The summed E-state index contributed by atoms with van der Waals surface area (Å²) in [6.45, 7) is 9.66. The van der Waals surface area contributed by atoms with Gasteiger partial charge < -0.3 is 0 Å². The molecule has 22 heavy (non-hydrogen) atoms. The highest BCUT2D eigenvalue weighted by Crippen LogP contribution is 2.50. The Bertz CT molecular complexity index is 881. The van der Waals surface area contributed by atoms with Gasteiger partial charge in [0, 0.05) is 0 Å². The molecule has 1 aliphatic rings. The summed E-state index contributed by atoms with van der Waals surface area (Å²) >= 11 is 0. The largest absolute Gasteiger partial charge is 0.0616 e. The molecule has 0 amide bonds. The lowest BCUT2D eigenvalue weighted by atomic mass is 9.57. The van der Waals surface area contributed by atoms with Gasteiger partial charge in [0.15, 0.2) is 0 Å². The first kappa shape index (κ1) is 13.8. The van der Waals surface area contributed by atoms with Crippen LogP contribution in [0.15, 0.2) is 48.5 Å². The first-order valence-electron chi connectivity index (χ1n) is 8.34. The Morgan fingerprint density at radius 1 is 0.727 bits per heavy atom. The zero-order chi connectivity index (χ0) is 15.5. The number of rotatable bonds is 0. The molecular formula is C22H24. The van der Waals surface area contributed by atoms with Crippen LogP contribution in [0.5, 0.6) is 0 Å². The van der Waals surface area contributed by atoms with Gasteiger partial charge >= 0.3 is 0 Å². The lowest BCUT2D eigenvalue weighted by molar-refractivity contribution is 0.165. The van der Waals surface area contributed by atoms with Crippen molar-refractivity contribution in [2.75, 3.05) is 0 Å². The predicted molar refractivity (Wildman–Crippen MR) is 96.6 cm³/mol. The summed E-state index contributed by atoms with van der Waals surface area (Å²) in [7, 11) is 0. The van der Waals surface area contributed by atoms with Crippen molar-refractivity contribution in [1.29, 1.82) is 0 Å². The Morgan fingerprint density at radius 3 is 1.95 bits per heavy atom. The van der Waals surface area contributed by atoms with Crippen LogP contribution in [0.1, 0.15) is 45.2 Å². The van der Waals surface area contributed by atoms with Gasteiger partial charge in [0.1, 0.15) is 0 Å². The molecular weight excluding hydrogens is 264 g/mol. The first-order valence-corrected chi connectivity index (χ1v) is 8.34. The quantitative estimate of drug-likeness (QED) is 0.429. The fraction of sp³-hybridized carbons (Fsp3) is 0.364. The summed E-state index contributed by atoms with van der Waals surface area (Å²) in [6.07, 6.45) is 2.47. The number of hydrogen-bond acceptors (Lipinski definition) is 0. The van der Waals surface area contributed by atoms with E-state index in [4.69, 9.17) is 0 Å². The molecule has 0 radical (unpaired) electrons. The van der Waals surface area contributed by atoms with Crippen LogP contribution in [0, 0.1) is 5.41 Å². The van der Waals surface area contributed by atoms with E-state index in [2.05, 4.69) is 76.2 Å². The minimum absolute atomic E-state index is 0.223. The zero-order valence-corrected chi connectivity index (χ0v) is 14.0. The van der Waals surface area contributed by atoms with Crippen molar-refractivity contribution in [3.8, 4) is 0 Å². The normalized spacial score (nSPS) is 19.3. The van der Waals surface area contributed by atoms with Crippen LogP contribution in [0.2, 0.25) is 0 Å².